The molecular weight excluding hydrogens is 370 g/mol. The second-order valence-electron chi connectivity index (χ2n) is 4.61. The maximum absolute atomic E-state index is 11.5. The number of Topliss-reactive ketones (excluding diaryl/α,β-unsaturated/α-hetero) is 1. The first kappa shape index (κ1) is 23.6. The van der Waals surface area contributed by atoms with Crippen LogP contribution in [0.15, 0.2) is 0 Å². The van der Waals surface area contributed by atoms with E-state index in [1.807, 2.05) is 13.8 Å². The van der Waals surface area contributed by atoms with Gasteiger partial charge in [-0.15, -0.1) is 11.8 Å². The Morgan fingerprint density at radius 2 is 1.80 bits per heavy atom. The van der Waals surface area contributed by atoms with Gasteiger partial charge >= 0.3 is 23.9 Å². The molecule has 1 heterocycles. The van der Waals surface area contributed by atoms with E-state index in [1.165, 1.54) is 30.4 Å². The molecule has 1 rings (SSSR count). The standard InChI is InChI=1S/C13H17NO7S2.C2H6.H2/c1-7(15)12(18)21-11(17)6-22-4-3-10-14-9(5-23-10)13(19)20-8(2)16;1-2;/h9-10,14H,3-6H2,1-2H3;1-2H3;1H. The average molecular weight is 395 g/mol. The van der Waals surface area contributed by atoms with Crippen LogP contribution in [0.5, 0.6) is 0 Å². The first-order valence-corrected chi connectivity index (χ1v) is 9.93. The lowest BCUT2D eigenvalue weighted by molar-refractivity contribution is -0.162. The number of hydrogen-bond acceptors (Lipinski definition) is 10. The monoisotopic (exact) mass is 395 g/mol. The third-order valence-electron chi connectivity index (χ3n) is 2.62. The molecule has 0 spiro atoms. The quantitative estimate of drug-likeness (QED) is 0.291. The number of esters is 4. The van der Waals surface area contributed by atoms with Crippen LogP contribution in [0, 0.1) is 0 Å². The van der Waals surface area contributed by atoms with E-state index in [9.17, 15) is 24.0 Å². The normalized spacial score (nSPS) is 18.6. The van der Waals surface area contributed by atoms with Gasteiger partial charge in [-0.25, -0.2) is 9.59 Å². The van der Waals surface area contributed by atoms with Crippen LogP contribution in [0.4, 0.5) is 0 Å². The molecule has 0 saturated carbocycles. The number of nitrogens with one attached hydrogen (secondary N) is 1. The lowest BCUT2D eigenvalue weighted by atomic mass is 10.3. The summed E-state index contributed by atoms with van der Waals surface area (Å²) in [6.45, 7) is 6.20. The summed E-state index contributed by atoms with van der Waals surface area (Å²) < 4.78 is 8.82. The van der Waals surface area contributed by atoms with Gasteiger partial charge in [-0.2, -0.15) is 11.8 Å². The van der Waals surface area contributed by atoms with E-state index in [0.29, 0.717) is 17.9 Å². The van der Waals surface area contributed by atoms with Crippen LogP contribution in [0.25, 0.3) is 0 Å². The number of thioether (sulfide) groups is 2. The van der Waals surface area contributed by atoms with E-state index in [0.717, 1.165) is 6.92 Å². The van der Waals surface area contributed by atoms with Gasteiger partial charge in [-0.3, -0.25) is 19.7 Å². The van der Waals surface area contributed by atoms with Crippen molar-refractivity contribution < 1.29 is 34.9 Å². The van der Waals surface area contributed by atoms with Gasteiger partial charge in [-0.1, -0.05) is 13.8 Å². The molecule has 1 saturated heterocycles. The maximum atomic E-state index is 11.5. The Kier molecular flexibility index (Phi) is 12.2. The number of hydrogen-bond donors (Lipinski definition) is 1. The summed E-state index contributed by atoms with van der Waals surface area (Å²) >= 11 is 2.79. The fraction of sp³-hybridized carbons (Fsp3) is 0.667. The van der Waals surface area contributed by atoms with Crippen LogP contribution in [-0.4, -0.2) is 58.3 Å². The van der Waals surface area contributed by atoms with Crippen LogP contribution in [0.2, 0.25) is 0 Å². The summed E-state index contributed by atoms with van der Waals surface area (Å²) in [5.41, 5.74) is 0. The number of ether oxygens (including phenoxy) is 2. The van der Waals surface area contributed by atoms with E-state index >= 15 is 0 Å². The minimum atomic E-state index is -1.16. The lowest BCUT2D eigenvalue weighted by Gasteiger charge is -2.11. The van der Waals surface area contributed by atoms with Crippen molar-refractivity contribution in [3.05, 3.63) is 0 Å². The van der Waals surface area contributed by atoms with Gasteiger partial charge < -0.3 is 9.47 Å². The topological polar surface area (TPSA) is 116 Å². The van der Waals surface area contributed by atoms with Crippen molar-refractivity contribution >= 4 is 53.2 Å². The zero-order chi connectivity index (χ0) is 19.4. The summed E-state index contributed by atoms with van der Waals surface area (Å²) in [7, 11) is 0. The fourth-order valence-electron chi connectivity index (χ4n) is 1.60. The first-order valence-electron chi connectivity index (χ1n) is 7.72. The minimum Gasteiger partial charge on any atom is -0.392 e. The zero-order valence-electron chi connectivity index (χ0n) is 14.7. The first-order chi connectivity index (χ1) is 11.8. The molecule has 1 aliphatic rings. The van der Waals surface area contributed by atoms with Crippen molar-refractivity contribution in [2.75, 3.05) is 17.3 Å². The van der Waals surface area contributed by atoms with Crippen LogP contribution in [0.1, 0.15) is 35.5 Å². The van der Waals surface area contributed by atoms with Gasteiger partial charge in [0.05, 0.1) is 11.1 Å². The van der Waals surface area contributed by atoms with Crippen molar-refractivity contribution in [1.29, 1.82) is 0 Å². The highest BCUT2D eigenvalue weighted by atomic mass is 32.2. The lowest BCUT2D eigenvalue weighted by Crippen LogP contribution is -2.38. The van der Waals surface area contributed by atoms with Crippen LogP contribution in [0.3, 0.4) is 0 Å². The molecule has 10 heteroatoms. The Morgan fingerprint density at radius 3 is 2.36 bits per heavy atom. The molecule has 0 aromatic carbocycles. The zero-order valence-corrected chi connectivity index (χ0v) is 16.3. The molecule has 0 aromatic heterocycles. The number of carbonyl (C=O) groups is 5. The van der Waals surface area contributed by atoms with Crippen molar-refractivity contribution in [3.63, 3.8) is 0 Å². The van der Waals surface area contributed by atoms with Crippen LogP contribution in [-0.2, 0) is 33.4 Å². The van der Waals surface area contributed by atoms with E-state index in [-0.39, 0.29) is 12.6 Å². The molecule has 0 bridgehead atoms. The largest absolute Gasteiger partial charge is 0.392 e. The highest BCUT2D eigenvalue weighted by Gasteiger charge is 2.31. The smallest absolute Gasteiger partial charge is 0.381 e. The molecule has 1 N–H and O–H groups in total. The SMILES string of the molecule is CC.CC(=O)OC(=O)C1CSC(CCSCC(=O)OC(=O)C(C)=O)N1.[HH]. The molecule has 1 fully saturated rings. The Bertz CT molecular complexity index is 516. The highest BCUT2D eigenvalue weighted by molar-refractivity contribution is 8.00. The molecule has 0 aliphatic carbocycles. The second-order valence-corrected chi connectivity index (χ2v) is 6.95. The molecular formula is C15H25NO7S2. The molecule has 0 amide bonds. The summed E-state index contributed by atoms with van der Waals surface area (Å²) in [5, 5.41) is 3.05. The van der Waals surface area contributed by atoms with Crippen LogP contribution >= 0.6 is 23.5 Å². The Morgan fingerprint density at radius 1 is 1.16 bits per heavy atom. The van der Waals surface area contributed by atoms with Gasteiger partial charge in [0, 0.05) is 21.0 Å². The summed E-state index contributed by atoms with van der Waals surface area (Å²) in [5.74, 6) is -2.89. The van der Waals surface area contributed by atoms with E-state index in [4.69, 9.17) is 0 Å². The Balaban J connectivity index is 0. The van der Waals surface area contributed by atoms with Gasteiger partial charge in [0.1, 0.15) is 6.04 Å². The molecule has 144 valence electrons. The van der Waals surface area contributed by atoms with Crippen LogP contribution < -0.4 is 5.32 Å². The predicted octanol–water partition coefficient (Wildman–Crippen LogP) is 1.16. The average Bonchev–Trinajstić information content (AvgIpc) is 3.01. The minimum absolute atomic E-state index is 0. The molecule has 0 radical (unpaired) electrons. The van der Waals surface area contributed by atoms with E-state index in [1.54, 1.807) is 0 Å². The Hall–Kier alpha value is -1.39. The molecule has 1 aliphatic heterocycles. The third kappa shape index (κ3) is 10.3. The van der Waals surface area contributed by atoms with Gasteiger partial charge in [0.25, 0.3) is 0 Å². The number of carbonyl (C=O) groups excluding carboxylic acids is 5. The van der Waals surface area contributed by atoms with E-state index in [2.05, 4.69) is 14.8 Å². The van der Waals surface area contributed by atoms with Gasteiger partial charge in [-0.05, 0) is 12.2 Å². The summed E-state index contributed by atoms with van der Waals surface area (Å²) in [6, 6.07) is -0.517. The van der Waals surface area contributed by atoms with Gasteiger partial charge in [0.15, 0.2) is 0 Å². The van der Waals surface area contributed by atoms with E-state index < -0.39 is 35.7 Å². The Labute approximate surface area is 156 Å². The summed E-state index contributed by atoms with van der Waals surface area (Å²) in [6.07, 6.45) is 0.674. The molecule has 25 heavy (non-hydrogen) atoms. The summed E-state index contributed by atoms with van der Waals surface area (Å²) in [4.78, 5) is 55.0. The number of rotatable bonds is 7. The predicted molar refractivity (Wildman–Crippen MR) is 97.1 cm³/mol. The third-order valence-corrected chi connectivity index (χ3v) is 4.88. The maximum Gasteiger partial charge on any atom is 0.381 e. The molecule has 2 unspecified atom stereocenters. The second kappa shape index (κ2) is 12.9. The number of ketones is 1. The molecule has 0 aromatic rings. The fourth-order valence-corrected chi connectivity index (χ4v) is 3.72. The molecule has 8 nitrogen and oxygen atoms in total. The van der Waals surface area contributed by atoms with Crippen molar-refractivity contribution in [2.45, 2.75) is 45.5 Å². The van der Waals surface area contributed by atoms with Crippen molar-refractivity contribution in [2.24, 2.45) is 0 Å². The van der Waals surface area contributed by atoms with Gasteiger partial charge in [0.2, 0.25) is 5.78 Å². The van der Waals surface area contributed by atoms with Crippen molar-refractivity contribution in [1.82, 2.24) is 5.32 Å². The highest BCUT2D eigenvalue weighted by Crippen LogP contribution is 2.23. The molecule has 2 atom stereocenters. The van der Waals surface area contributed by atoms with Crippen molar-refractivity contribution in [3.8, 4) is 0 Å².